The van der Waals surface area contributed by atoms with Crippen LogP contribution in [0.1, 0.15) is 37.7 Å². The Labute approximate surface area is 224 Å². The lowest BCUT2D eigenvalue weighted by Crippen LogP contribution is -2.29. The van der Waals surface area contributed by atoms with Crippen molar-refractivity contribution in [2.75, 3.05) is 0 Å². The Hall–Kier alpha value is -3.37. The van der Waals surface area contributed by atoms with Gasteiger partial charge in [-0.1, -0.05) is 48.8 Å². The van der Waals surface area contributed by atoms with Crippen LogP contribution < -0.4 is 10.3 Å². The van der Waals surface area contributed by atoms with E-state index in [4.69, 9.17) is 9.72 Å². The van der Waals surface area contributed by atoms with Gasteiger partial charge in [-0.2, -0.15) is 9.78 Å². The molecule has 0 bridgehead atoms. The molecule has 1 aromatic heterocycles. The van der Waals surface area contributed by atoms with Crippen molar-refractivity contribution in [2.24, 2.45) is 5.10 Å². The highest BCUT2D eigenvalue weighted by molar-refractivity contribution is 9.10. The van der Waals surface area contributed by atoms with Gasteiger partial charge in [-0.3, -0.25) is 14.9 Å². The molecular weight excluding hydrogens is 592 g/mol. The van der Waals surface area contributed by atoms with Crippen molar-refractivity contribution in [3.63, 3.8) is 0 Å². The van der Waals surface area contributed by atoms with E-state index in [1.807, 2.05) is 45.0 Å². The molecule has 0 saturated carbocycles. The minimum absolute atomic E-state index is 0.0159. The highest BCUT2D eigenvalue weighted by atomic mass is 79.9. The van der Waals surface area contributed by atoms with E-state index in [9.17, 15) is 14.9 Å². The molecular formula is C26H22Br2N4O4. The average molecular weight is 614 g/mol. The van der Waals surface area contributed by atoms with Gasteiger partial charge in [0.1, 0.15) is 18.2 Å². The number of hydrogen-bond donors (Lipinski definition) is 0. The molecule has 0 atom stereocenters. The van der Waals surface area contributed by atoms with Crippen LogP contribution in [0.15, 0.2) is 79.5 Å². The molecule has 4 aromatic rings. The van der Waals surface area contributed by atoms with E-state index >= 15 is 0 Å². The van der Waals surface area contributed by atoms with E-state index in [1.165, 1.54) is 16.8 Å². The van der Waals surface area contributed by atoms with Gasteiger partial charge >= 0.3 is 0 Å². The molecule has 0 spiro atoms. The summed E-state index contributed by atoms with van der Waals surface area (Å²) in [5.74, 6) is 1.12. The number of hydrogen-bond acceptors (Lipinski definition) is 6. The summed E-state index contributed by atoms with van der Waals surface area (Å²) >= 11 is 6.92. The quantitative estimate of drug-likeness (QED) is 0.139. The number of ether oxygens (including phenoxy) is 1. The minimum atomic E-state index is -0.437. The maximum absolute atomic E-state index is 13.3. The zero-order valence-electron chi connectivity index (χ0n) is 19.7. The Balaban J connectivity index is 1.61. The lowest BCUT2D eigenvalue weighted by molar-refractivity contribution is -0.384. The number of nitro benzene ring substituents is 1. The molecule has 184 valence electrons. The largest absolute Gasteiger partial charge is 0.488 e. The second-order valence-electron chi connectivity index (χ2n) is 9.11. The first-order valence-electron chi connectivity index (χ1n) is 11.0. The van der Waals surface area contributed by atoms with E-state index in [1.54, 1.807) is 30.5 Å². The van der Waals surface area contributed by atoms with Crippen LogP contribution in [0.5, 0.6) is 5.75 Å². The SMILES string of the molecule is CC(C)(C)c1nc2ccc(Br)cc2c(=O)n1N=Cc1ccc(OCc2cccc([N+](=O)[O-])c2)c(Br)c1. The Morgan fingerprint density at radius 2 is 1.89 bits per heavy atom. The number of benzene rings is 3. The zero-order chi connectivity index (χ0) is 26.0. The summed E-state index contributed by atoms with van der Waals surface area (Å²) in [4.78, 5) is 28.6. The number of aromatic nitrogens is 2. The van der Waals surface area contributed by atoms with Crippen LogP contribution >= 0.6 is 31.9 Å². The van der Waals surface area contributed by atoms with Gasteiger partial charge in [0.05, 0.1) is 26.5 Å². The first-order valence-corrected chi connectivity index (χ1v) is 12.5. The molecule has 3 aromatic carbocycles. The van der Waals surface area contributed by atoms with E-state index in [0.29, 0.717) is 32.5 Å². The van der Waals surface area contributed by atoms with Crippen molar-refractivity contribution in [2.45, 2.75) is 32.8 Å². The van der Waals surface area contributed by atoms with Gasteiger partial charge in [0.15, 0.2) is 0 Å². The molecule has 0 saturated heterocycles. The monoisotopic (exact) mass is 612 g/mol. The molecule has 0 N–H and O–H groups in total. The van der Waals surface area contributed by atoms with Crippen LogP contribution in [-0.4, -0.2) is 20.8 Å². The molecule has 0 unspecified atom stereocenters. The maximum atomic E-state index is 13.3. The smallest absolute Gasteiger partial charge is 0.282 e. The predicted molar refractivity (Wildman–Crippen MR) is 147 cm³/mol. The number of fused-ring (bicyclic) bond motifs is 1. The highest BCUT2D eigenvalue weighted by Crippen LogP contribution is 2.27. The predicted octanol–water partition coefficient (Wildman–Crippen LogP) is 6.59. The molecule has 1 heterocycles. The molecule has 0 amide bonds. The fourth-order valence-corrected chi connectivity index (χ4v) is 4.37. The van der Waals surface area contributed by atoms with Crippen LogP contribution in [0.25, 0.3) is 10.9 Å². The van der Waals surface area contributed by atoms with Crippen molar-refractivity contribution in [1.29, 1.82) is 0 Å². The average Bonchev–Trinajstić information content (AvgIpc) is 2.82. The van der Waals surface area contributed by atoms with Crippen LogP contribution in [0.3, 0.4) is 0 Å². The van der Waals surface area contributed by atoms with Gasteiger partial charge in [0, 0.05) is 22.0 Å². The molecule has 0 fully saturated rings. The normalized spacial score (nSPS) is 11.8. The topological polar surface area (TPSA) is 99.6 Å². The lowest BCUT2D eigenvalue weighted by atomic mass is 9.95. The fraction of sp³-hybridized carbons (Fsp3) is 0.192. The molecule has 0 aliphatic carbocycles. The first kappa shape index (κ1) is 25.7. The second kappa shape index (κ2) is 10.3. The summed E-state index contributed by atoms with van der Waals surface area (Å²) in [7, 11) is 0. The standard InChI is InChI=1S/C26H22Br2N4O4/c1-26(2,3)25-30-22-9-8-18(27)13-20(22)24(33)31(25)29-14-16-7-10-23(21(28)12-16)36-15-17-5-4-6-19(11-17)32(34)35/h4-14H,15H2,1-3H3. The summed E-state index contributed by atoms with van der Waals surface area (Å²) in [6.07, 6.45) is 1.59. The van der Waals surface area contributed by atoms with Gasteiger partial charge in [-0.05, 0) is 63.5 Å². The molecule has 0 aliphatic rings. The van der Waals surface area contributed by atoms with Crippen molar-refractivity contribution in [3.8, 4) is 5.75 Å². The first-order chi connectivity index (χ1) is 17.0. The second-order valence-corrected chi connectivity index (χ2v) is 10.9. The number of nitrogens with zero attached hydrogens (tertiary/aromatic N) is 4. The molecule has 0 radical (unpaired) electrons. The number of non-ortho nitro benzene ring substituents is 1. The molecule has 10 heteroatoms. The minimum Gasteiger partial charge on any atom is -0.488 e. The molecule has 36 heavy (non-hydrogen) atoms. The number of rotatable bonds is 6. The Bertz CT molecular complexity index is 1560. The van der Waals surface area contributed by atoms with E-state index < -0.39 is 10.3 Å². The lowest BCUT2D eigenvalue weighted by Gasteiger charge is -2.20. The molecule has 0 aliphatic heterocycles. The van der Waals surface area contributed by atoms with Crippen molar-refractivity contribution < 1.29 is 9.66 Å². The van der Waals surface area contributed by atoms with Crippen LogP contribution in [-0.2, 0) is 12.0 Å². The Morgan fingerprint density at radius 3 is 2.58 bits per heavy atom. The van der Waals surface area contributed by atoms with E-state index in [-0.39, 0.29) is 17.9 Å². The third kappa shape index (κ3) is 5.71. The van der Waals surface area contributed by atoms with Gasteiger partial charge in [0.2, 0.25) is 0 Å². The number of halogens is 2. The molecule has 8 nitrogen and oxygen atoms in total. The van der Waals surface area contributed by atoms with Crippen LogP contribution in [0.4, 0.5) is 5.69 Å². The summed E-state index contributed by atoms with van der Waals surface area (Å²) < 4.78 is 8.65. The summed E-state index contributed by atoms with van der Waals surface area (Å²) in [5, 5.41) is 15.9. The summed E-state index contributed by atoms with van der Waals surface area (Å²) in [5.41, 5.74) is 1.40. The van der Waals surface area contributed by atoms with E-state index in [2.05, 4.69) is 37.0 Å². The van der Waals surface area contributed by atoms with Gasteiger partial charge in [-0.25, -0.2) is 4.98 Å². The zero-order valence-corrected chi connectivity index (χ0v) is 22.9. The Kier molecular flexibility index (Phi) is 7.37. The van der Waals surface area contributed by atoms with Crippen LogP contribution in [0, 0.1) is 10.1 Å². The number of nitro groups is 1. The van der Waals surface area contributed by atoms with Gasteiger partial charge in [0.25, 0.3) is 11.2 Å². The van der Waals surface area contributed by atoms with Gasteiger partial charge in [-0.15, -0.1) is 0 Å². The Morgan fingerprint density at radius 1 is 1.11 bits per heavy atom. The third-order valence-electron chi connectivity index (χ3n) is 5.27. The maximum Gasteiger partial charge on any atom is 0.282 e. The molecule has 4 rings (SSSR count). The highest BCUT2D eigenvalue weighted by Gasteiger charge is 2.23. The van der Waals surface area contributed by atoms with Crippen molar-refractivity contribution in [3.05, 3.63) is 107 Å². The van der Waals surface area contributed by atoms with Crippen molar-refractivity contribution >= 4 is 54.7 Å². The van der Waals surface area contributed by atoms with E-state index in [0.717, 1.165) is 10.0 Å². The van der Waals surface area contributed by atoms with Crippen LogP contribution in [0.2, 0.25) is 0 Å². The fourth-order valence-electron chi connectivity index (χ4n) is 3.50. The van der Waals surface area contributed by atoms with Gasteiger partial charge < -0.3 is 4.74 Å². The summed E-state index contributed by atoms with van der Waals surface area (Å²) in [6, 6.07) is 17.1. The third-order valence-corrected chi connectivity index (χ3v) is 6.39. The van der Waals surface area contributed by atoms with Crippen molar-refractivity contribution in [1.82, 2.24) is 9.66 Å². The summed E-state index contributed by atoms with van der Waals surface area (Å²) in [6.45, 7) is 6.12.